The van der Waals surface area contributed by atoms with Gasteiger partial charge in [-0.25, -0.2) is 4.39 Å². The molecule has 0 saturated carbocycles. The van der Waals surface area contributed by atoms with Gasteiger partial charge in [-0.15, -0.1) is 0 Å². The molecule has 1 aromatic carbocycles. The number of ether oxygens (including phenoxy) is 1. The molecule has 0 spiro atoms. The van der Waals surface area contributed by atoms with Crippen LogP contribution in [0, 0.1) is 5.82 Å². The summed E-state index contributed by atoms with van der Waals surface area (Å²) >= 11 is 0. The van der Waals surface area contributed by atoms with Crippen molar-refractivity contribution in [3.63, 3.8) is 0 Å². The Hall–Kier alpha value is -1.14. The van der Waals surface area contributed by atoms with Crippen molar-refractivity contribution in [2.24, 2.45) is 0 Å². The second-order valence-electron chi connectivity index (χ2n) is 3.85. The van der Waals surface area contributed by atoms with E-state index in [1.807, 2.05) is 0 Å². The molecule has 2 nitrogen and oxygen atoms in total. The average Bonchev–Trinajstić information content (AvgIpc) is 2.28. The number of halogens is 4. The van der Waals surface area contributed by atoms with Crippen molar-refractivity contribution in [2.75, 3.05) is 19.8 Å². The maximum atomic E-state index is 13.1. The summed E-state index contributed by atoms with van der Waals surface area (Å²) in [5, 5.41) is 2.98. The third kappa shape index (κ3) is 2.95. The molecule has 1 heterocycles. The summed E-state index contributed by atoms with van der Waals surface area (Å²) in [5.41, 5.74) is -0.711. The van der Waals surface area contributed by atoms with Crippen LogP contribution in [0.25, 0.3) is 0 Å². The lowest BCUT2D eigenvalue weighted by atomic mass is 10.0. The molecule has 0 amide bonds. The van der Waals surface area contributed by atoms with E-state index in [-0.39, 0.29) is 18.2 Å². The topological polar surface area (TPSA) is 21.3 Å². The Balaban J connectivity index is 2.31. The number of hydrogen-bond donors (Lipinski definition) is 1. The van der Waals surface area contributed by atoms with E-state index in [0.717, 1.165) is 12.1 Å². The van der Waals surface area contributed by atoms with E-state index in [2.05, 4.69) is 5.32 Å². The summed E-state index contributed by atoms with van der Waals surface area (Å²) in [7, 11) is 0. The molecule has 94 valence electrons. The van der Waals surface area contributed by atoms with E-state index < -0.39 is 17.6 Å². The molecule has 0 aromatic heterocycles. The monoisotopic (exact) mass is 249 g/mol. The SMILES string of the molecule is Fc1cc([C@@H]2COCCN2)cc(C(F)(F)F)c1. The third-order valence-corrected chi connectivity index (χ3v) is 2.57. The molecule has 1 aromatic rings. The van der Waals surface area contributed by atoms with Crippen molar-refractivity contribution < 1.29 is 22.3 Å². The minimum atomic E-state index is -4.54. The van der Waals surface area contributed by atoms with Gasteiger partial charge < -0.3 is 10.1 Å². The lowest BCUT2D eigenvalue weighted by Gasteiger charge is -2.24. The van der Waals surface area contributed by atoms with Crippen molar-refractivity contribution in [3.8, 4) is 0 Å². The molecule has 0 unspecified atom stereocenters. The molecule has 1 saturated heterocycles. The molecule has 1 fully saturated rings. The number of nitrogens with one attached hydrogen (secondary N) is 1. The van der Waals surface area contributed by atoms with Gasteiger partial charge in [0.2, 0.25) is 0 Å². The van der Waals surface area contributed by atoms with Crippen LogP contribution >= 0.6 is 0 Å². The second-order valence-corrected chi connectivity index (χ2v) is 3.85. The van der Waals surface area contributed by atoms with Gasteiger partial charge in [0.05, 0.1) is 24.8 Å². The van der Waals surface area contributed by atoms with Gasteiger partial charge in [0.15, 0.2) is 0 Å². The first-order valence-electron chi connectivity index (χ1n) is 5.15. The fraction of sp³-hybridized carbons (Fsp3) is 0.455. The van der Waals surface area contributed by atoms with Gasteiger partial charge in [-0.3, -0.25) is 0 Å². The highest BCUT2D eigenvalue weighted by Gasteiger charge is 2.32. The van der Waals surface area contributed by atoms with Crippen LogP contribution in [0.3, 0.4) is 0 Å². The summed E-state index contributed by atoms with van der Waals surface area (Å²) in [5.74, 6) is -0.887. The predicted octanol–water partition coefficient (Wildman–Crippen LogP) is 2.51. The van der Waals surface area contributed by atoms with E-state index in [1.54, 1.807) is 0 Å². The summed E-state index contributed by atoms with van der Waals surface area (Å²) in [6.07, 6.45) is -4.54. The van der Waals surface area contributed by atoms with Crippen molar-refractivity contribution in [2.45, 2.75) is 12.2 Å². The van der Waals surface area contributed by atoms with Gasteiger partial charge in [0, 0.05) is 6.54 Å². The van der Waals surface area contributed by atoms with Gasteiger partial charge >= 0.3 is 6.18 Å². The fourth-order valence-electron chi connectivity index (χ4n) is 1.76. The standard InChI is InChI=1S/C11H11F4NO/c12-9-4-7(10-6-17-2-1-16-10)3-8(5-9)11(13,14)15/h3-5,10,16H,1-2,6H2/t10-/m0/s1. The highest BCUT2D eigenvalue weighted by Crippen LogP contribution is 2.32. The summed E-state index contributed by atoms with van der Waals surface area (Å²) in [4.78, 5) is 0. The summed E-state index contributed by atoms with van der Waals surface area (Å²) in [6, 6.07) is 2.16. The predicted molar refractivity (Wildman–Crippen MR) is 53.0 cm³/mol. The largest absolute Gasteiger partial charge is 0.416 e. The zero-order chi connectivity index (χ0) is 12.5. The first-order chi connectivity index (χ1) is 7.97. The fourth-order valence-corrected chi connectivity index (χ4v) is 1.76. The highest BCUT2D eigenvalue weighted by atomic mass is 19.4. The molecule has 0 radical (unpaired) electrons. The first kappa shape index (κ1) is 12.3. The number of morpholine rings is 1. The van der Waals surface area contributed by atoms with Crippen molar-refractivity contribution in [1.29, 1.82) is 0 Å². The Morgan fingerprint density at radius 3 is 2.59 bits per heavy atom. The Bertz CT molecular complexity index is 399. The average molecular weight is 249 g/mol. The van der Waals surface area contributed by atoms with Crippen LogP contribution < -0.4 is 5.32 Å². The van der Waals surface area contributed by atoms with E-state index in [9.17, 15) is 17.6 Å². The van der Waals surface area contributed by atoms with E-state index >= 15 is 0 Å². The van der Waals surface area contributed by atoms with Gasteiger partial charge in [-0.05, 0) is 23.8 Å². The van der Waals surface area contributed by atoms with E-state index in [0.29, 0.717) is 19.2 Å². The van der Waals surface area contributed by atoms with Crippen molar-refractivity contribution >= 4 is 0 Å². The van der Waals surface area contributed by atoms with Gasteiger partial charge in [-0.2, -0.15) is 13.2 Å². The maximum Gasteiger partial charge on any atom is 0.416 e. The minimum Gasteiger partial charge on any atom is -0.378 e. The number of benzene rings is 1. The van der Waals surface area contributed by atoms with Crippen LogP contribution in [0.1, 0.15) is 17.2 Å². The minimum absolute atomic E-state index is 0.251. The molecule has 0 bridgehead atoms. The van der Waals surface area contributed by atoms with Crippen LogP contribution in [0.15, 0.2) is 18.2 Å². The second kappa shape index (κ2) is 4.62. The molecule has 1 aliphatic heterocycles. The Labute approximate surface area is 95.6 Å². The smallest absolute Gasteiger partial charge is 0.378 e. The normalized spacial score (nSPS) is 21.5. The van der Waals surface area contributed by atoms with E-state index in [1.165, 1.54) is 0 Å². The number of alkyl halides is 3. The van der Waals surface area contributed by atoms with Crippen molar-refractivity contribution in [1.82, 2.24) is 5.32 Å². The quantitative estimate of drug-likeness (QED) is 0.772. The molecule has 2 rings (SSSR count). The Morgan fingerprint density at radius 2 is 2.00 bits per heavy atom. The van der Waals surface area contributed by atoms with Crippen LogP contribution in [-0.4, -0.2) is 19.8 Å². The molecule has 1 aliphatic rings. The molecular weight excluding hydrogens is 238 g/mol. The highest BCUT2D eigenvalue weighted by molar-refractivity contribution is 5.29. The van der Waals surface area contributed by atoms with Crippen LogP contribution in [0.2, 0.25) is 0 Å². The molecule has 17 heavy (non-hydrogen) atoms. The van der Waals surface area contributed by atoms with E-state index in [4.69, 9.17) is 4.74 Å². The number of hydrogen-bond acceptors (Lipinski definition) is 2. The summed E-state index contributed by atoms with van der Waals surface area (Å²) in [6.45, 7) is 1.31. The summed E-state index contributed by atoms with van der Waals surface area (Å²) < 4.78 is 55.8. The third-order valence-electron chi connectivity index (χ3n) is 2.57. The zero-order valence-electron chi connectivity index (χ0n) is 8.85. The van der Waals surface area contributed by atoms with Crippen molar-refractivity contribution in [3.05, 3.63) is 35.1 Å². The lowest BCUT2D eigenvalue weighted by Crippen LogP contribution is -2.34. The van der Waals surface area contributed by atoms with Crippen LogP contribution in [0.5, 0.6) is 0 Å². The molecule has 1 N–H and O–H groups in total. The Kier molecular flexibility index (Phi) is 3.35. The van der Waals surface area contributed by atoms with Gasteiger partial charge in [0.25, 0.3) is 0 Å². The lowest BCUT2D eigenvalue weighted by molar-refractivity contribution is -0.137. The van der Waals surface area contributed by atoms with Crippen LogP contribution in [-0.2, 0) is 10.9 Å². The molecule has 0 aliphatic carbocycles. The Morgan fingerprint density at radius 1 is 1.24 bits per heavy atom. The zero-order valence-corrected chi connectivity index (χ0v) is 8.85. The van der Waals surface area contributed by atoms with Gasteiger partial charge in [0.1, 0.15) is 5.82 Å². The molecular formula is C11H11F4NO. The maximum absolute atomic E-state index is 13.1. The van der Waals surface area contributed by atoms with Gasteiger partial charge in [-0.1, -0.05) is 0 Å². The molecule has 6 heteroatoms. The first-order valence-corrected chi connectivity index (χ1v) is 5.15. The number of rotatable bonds is 1. The van der Waals surface area contributed by atoms with Crippen LogP contribution in [0.4, 0.5) is 17.6 Å². The molecule has 1 atom stereocenters.